The van der Waals surface area contributed by atoms with Gasteiger partial charge >= 0.3 is 6.03 Å². The van der Waals surface area contributed by atoms with E-state index in [1.165, 1.54) is 30.4 Å². The lowest BCUT2D eigenvalue weighted by molar-refractivity contribution is -0.130. The molecule has 10 heteroatoms. The minimum atomic E-state index is -0.899. The van der Waals surface area contributed by atoms with Crippen LogP contribution in [0.3, 0.4) is 0 Å². The average molecular weight is 430 g/mol. The molecule has 2 N–H and O–H groups in total. The molecule has 9 nitrogen and oxygen atoms in total. The van der Waals surface area contributed by atoms with Gasteiger partial charge in [0.25, 0.3) is 5.91 Å². The average Bonchev–Trinajstić information content (AvgIpc) is 3.38. The first-order chi connectivity index (χ1) is 14.5. The fourth-order valence-corrected chi connectivity index (χ4v) is 4.69. The van der Waals surface area contributed by atoms with Crippen molar-refractivity contribution in [1.82, 2.24) is 15.2 Å². The van der Waals surface area contributed by atoms with Crippen molar-refractivity contribution in [2.45, 2.75) is 38.3 Å². The number of anilines is 1. The molecule has 1 aromatic heterocycles. The topological polar surface area (TPSA) is 110 Å². The number of nitrogens with one attached hydrogen (secondary N) is 2. The summed E-state index contributed by atoms with van der Waals surface area (Å²) in [5, 5.41) is 5.87. The Morgan fingerprint density at radius 2 is 2.07 bits per heavy atom. The van der Waals surface area contributed by atoms with E-state index in [9.17, 15) is 14.4 Å². The summed E-state index contributed by atoms with van der Waals surface area (Å²) in [6, 6.07) is 3.75. The molecule has 0 spiro atoms. The third-order valence-corrected chi connectivity index (χ3v) is 6.20. The van der Waals surface area contributed by atoms with E-state index in [2.05, 4.69) is 15.6 Å². The summed E-state index contributed by atoms with van der Waals surface area (Å²) in [6.45, 7) is 0.0718. The molecule has 1 fully saturated rings. The van der Waals surface area contributed by atoms with E-state index in [1.807, 2.05) is 0 Å². The van der Waals surface area contributed by atoms with Crippen LogP contribution in [0.15, 0.2) is 18.2 Å². The van der Waals surface area contributed by atoms with E-state index in [0.29, 0.717) is 22.2 Å². The quantitative estimate of drug-likeness (QED) is 0.651. The molecular weight excluding hydrogens is 408 g/mol. The number of thiazole rings is 1. The van der Waals surface area contributed by atoms with E-state index < -0.39 is 18.0 Å². The minimum Gasteiger partial charge on any atom is -0.493 e. The summed E-state index contributed by atoms with van der Waals surface area (Å²) < 4.78 is 10.5. The lowest BCUT2D eigenvalue weighted by atomic mass is 10.1. The Kier molecular flexibility index (Phi) is 5.58. The zero-order valence-corrected chi connectivity index (χ0v) is 17.5. The van der Waals surface area contributed by atoms with Gasteiger partial charge in [0.15, 0.2) is 16.6 Å². The van der Waals surface area contributed by atoms with Crippen LogP contribution in [0, 0.1) is 0 Å². The molecule has 2 heterocycles. The molecule has 2 aliphatic rings. The van der Waals surface area contributed by atoms with Gasteiger partial charge in [0.05, 0.1) is 32.9 Å². The molecule has 2 aromatic rings. The number of carbonyl (C=O) groups excluding carboxylic acids is 3. The van der Waals surface area contributed by atoms with Gasteiger partial charge in [0, 0.05) is 4.88 Å². The van der Waals surface area contributed by atoms with Gasteiger partial charge in [-0.05, 0) is 37.0 Å². The SMILES string of the molecule is COc1ccc(CN2C(=O)N[C@@H](CC(=O)Nc3nc4c(s3)CCC4)C2=O)cc1OC. The number of fused-ring (bicyclic) bond motifs is 1. The van der Waals surface area contributed by atoms with E-state index >= 15 is 0 Å². The van der Waals surface area contributed by atoms with Crippen molar-refractivity contribution < 1.29 is 23.9 Å². The maximum absolute atomic E-state index is 12.7. The van der Waals surface area contributed by atoms with E-state index in [1.54, 1.807) is 18.2 Å². The lowest BCUT2D eigenvalue weighted by Crippen LogP contribution is -2.34. The first-order valence-corrected chi connectivity index (χ1v) is 10.4. The van der Waals surface area contributed by atoms with Crippen molar-refractivity contribution in [2.24, 2.45) is 0 Å². The molecule has 1 atom stereocenters. The van der Waals surface area contributed by atoms with Gasteiger partial charge in [-0.15, -0.1) is 11.3 Å². The molecule has 1 aromatic carbocycles. The van der Waals surface area contributed by atoms with Crippen molar-refractivity contribution in [3.63, 3.8) is 0 Å². The van der Waals surface area contributed by atoms with Gasteiger partial charge in [0.1, 0.15) is 6.04 Å². The fourth-order valence-electron chi connectivity index (χ4n) is 3.63. The molecule has 1 aliphatic carbocycles. The molecule has 0 radical (unpaired) electrons. The Balaban J connectivity index is 1.38. The number of rotatable bonds is 7. The van der Waals surface area contributed by atoms with Crippen LogP contribution in [-0.4, -0.2) is 48.0 Å². The number of methoxy groups -OCH3 is 2. The number of urea groups is 1. The second-order valence-electron chi connectivity index (χ2n) is 7.11. The molecule has 0 saturated carbocycles. The van der Waals surface area contributed by atoms with E-state index in [0.717, 1.165) is 29.9 Å². The van der Waals surface area contributed by atoms with Crippen LogP contribution in [0.2, 0.25) is 0 Å². The van der Waals surface area contributed by atoms with Gasteiger partial charge < -0.3 is 20.1 Å². The molecule has 30 heavy (non-hydrogen) atoms. The molecule has 4 rings (SSSR count). The van der Waals surface area contributed by atoms with Gasteiger partial charge in [-0.1, -0.05) is 6.07 Å². The molecule has 1 aliphatic heterocycles. The number of ether oxygens (including phenoxy) is 2. The molecule has 1 saturated heterocycles. The molecule has 0 unspecified atom stereocenters. The summed E-state index contributed by atoms with van der Waals surface area (Å²) in [6.07, 6.45) is 2.88. The summed E-state index contributed by atoms with van der Waals surface area (Å²) in [5.74, 6) is 0.273. The summed E-state index contributed by atoms with van der Waals surface area (Å²) >= 11 is 1.47. The van der Waals surface area contributed by atoms with Crippen LogP contribution in [-0.2, 0) is 29.0 Å². The van der Waals surface area contributed by atoms with Crippen molar-refractivity contribution in [3.8, 4) is 11.5 Å². The van der Waals surface area contributed by atoms with Crippen molar-refractivity contribution in [3.05, 3.63) is 34.3 Å². The van der Waals surface area contributed by atoms with E-state index in [-0.39, 0.29) is 18.9 Å². The predicted octanol–water partition coefficient (Wildman–Crippen LogP) is 2.10. The Hall–Kier alpha value is -3.14. The van der Waals surface area contributed by atoms with Crippen LogP contribution in [0.1, 0.15) is 29.0 Å². The highest BCUT2D eigenvalue weighted by molar-refractivity contribution is 7.15. The fraction of sp³-hybridized carbons (Fsp3) is 0.400. The number of imide groups is 1. The van der Waals surface area contributed by atoms with Crippen molar-refractivity contribution in [2.75, 3.05) is 19.5 Å². The van der Waals surface area contributed by atoms with Gasteiger partial charge in [-0.3, -0.25) is 14.5 Å². The van der Waals surface area contributed by atoms with Gasteiger partial charge in [0.2, 0.25) is 5.91 Å². The largest absolute Gasteiger partial charge is 0.493 e. The molecule has 158 valence electrons. The number of amides is 4. The number of hydrogen-bond acceptors (Lipinski definition) is 7. The predicted molar refractivity (Wildman–Crippen MR) is 110 cm³/mol. The molecular formula is C20H22N4O5S. The van der Waals surface area contributed by atoms with Crippen LogP contribution in [0.25, 0.3) is 0 Å². The number of hydrogen-bond donors (Lipinski definition) is 2. The smallest absolute Gasteiger partial charge is 0.325 e. The normalized spacial score (nSPS) is 17.7. The Morgan fingerprint density at radius 1 is 1.27 bits per heavy atom. The third kappa shape index (κ3) is 3.95. The maximum atomic E-state index is 12.7. The van der Waals surface area contributed by atoms with Crippen molar-refractivity contribution in [1.29, 1.82) is 0 Å². The maximum Gasteiger partial charge on any atom is 0.325 e. The highest BCUT2D eigenvalue weighted by atomic mass is 32.1. The third-order valence-electron chi connectivity index (χ3n) is 5.13. The lowest BCUT2D eigenvalue weighted by Gasteiger charge is -2.15. The number of carbonyl (C=O) groups is 3. The highest BCUT2D eigenvalue weighted by Crippen LogP contribution is 2.31. The Labute approximate surface area is 177 Å². The number of nitrogens with zero attached hydrogens (tertiary/aromatic N) is 2. The van der Waals surface area contributed by atoms with Crippen LogP contribution in [0.4, 0.5) is 9.93 Å². The number of benzene rings is 1. The van der Waals surface area contributed by atoms with Crippen molar-refractivity contribution >= 4 is 34.3 Å². The minimum absolute atomic E-state index is 0.0718. The number of aromatic nitrogens is 1. The first-order valence-electron chi connectivity index (χ1n) is 9.59. The monoisotopic (exact) mass is 430 g/mol. The van der Waals surface area contributed by atoms with Gasteiger partial charge in [-0.25, -0.2) is 9.78 Å². The number of aryl methyl sites for hydroxylation is 2. The Morgan fingerprint density at radius 3 is 2.80 bits per heavy atom. The van der Waals surface area contributed by atoms with Crippen LogP contribution < -0.4 is 20.1 Å². The first kappa shape index (κ1) is 20.1. The second-order valence-corrected chi connectivity index (χ2v) is 8.19. The standard InChI is InChI=1S/C20H22N4O5S/c1-28-14-7-6-11(8-15(14)29-2)10-24-18(26)13(22-20(24)27)9-17(25)23-19-21-12-4-3-5-16(12)30-19/h6-8,13H,3-5,9-10H2,1-2H3,(H,22,27)(H,21,23,25)/t13-/m0/s1. The molecule has 0 bridgehead atoms. The Bertz CT molecular complexity index is 984. The highest BCUT2D eigenvalue weighted by Gasteiger charge is 2.39. The second kappa shape index (κ2) is 8.31. The molecule has 4 amide bonds. The summed E-state index contributed by atoms with van der Waals surface area (Å²) in [5.41, 5.74) is 1.75. The van der Waals surface area contributed by atoms with Crippen LogP contribution >= 0.6 is 11.3 Å². The van der Waals surface area contributed by atoms with Crippen LogP contribution in [0.5, 0.6) is 11.5 Å². The zero-order chi connectivity index (χ0) is 21.3. The summed E-state index contributed by atoms with van der Waals surface area (Å²) in [7, 11) is 3.05. The summed E-state index contributed by atoms with van der Waals surface area (Å²) in [4.78, 5) is 44.1. The zero-order valence-electron chi connectivity index (χ0n) is 16.7. The van der Waals surface area contributed by atoms with Gasteiger partial charge in [-0.2, -0.15) is 0 Å². The van der Waals surface area contributed by atoms with E-state index in [4.69, 9.17) is 9.47 Å².